The van der Waals surface area contributed by atoms with Crippen LogP contribution in [0.25, 0.3) is 0 Å². The molecule has 1 atom stereocenters. The van der Waals surface area contributed by atoms with Crippen molar-refractivity contribution in [2.45, 2.75) is 26.2 Å². The molecule has 1 aliphatic heterocycles. The third kappa shape index (κ3) is 4.48. The van der Waals surface area contributed by atoms with Crippen molar-refractivity contribution in [2.75, 3.05) is 31.7 Å². The Morgan fingerprint density at radius 2 is 2.32 bits per heavy atom. The summed E-state index contributed by atoms with van der Waals surface area (Å²) in [6, 6.07) is 7.93. The summed E-state index contributed by atoms with van der Waals surface area (Å²) in [5.74, 6) is 1.46. The van der Waals surface area contributed by atoms with Crippen LogP contribution in [0.4, 0.5) is 5.13 Å². The summed E-state index contributed by atoms with van der Waals surface area (Å²) < 4.78 is 14.9. The lowest BCUT2D eigenvalue weighted by molar-refractivity contribution is -0.148. The Balaban J connectivity index is 1.65. The summed E-state index contributed by atoms with van der Waals surface area (Å²) in [6.07, 6.45) is 2.52. The van der Waals surface area contributed by atoms with Crippen molar-refractivity contribution in [3.05, 3.63) is 35.7 Å². The van der Waals surface area contributed by atoms with E-state index in [-0.39, 0.29) is 11.9 Å². The first kappa shape index (κ1) is 17.7. The van der Waals surface area contributed by atoms with Gasteiger partial charge in [0.05, 0.1) is 19.6 Å². The normalized spacial score (nSPS) is 17.4. The summed E-state index contributed by atoms with van der Waals surface area (Å²) in [5.41, 5.74) is 1.12. The van der Waals surface area contributed by atoms with E-state index in [0.717, 1.165) is 41.7 Å². The number of methoxy groups -OCH3 is 1. The number of aromatic nitrogens is 2. The van der Waals surface area contributed by atoms with Gasteiger partial charge in [0.1, 0.15) is 11.6 Å². The second-order valence-corrected chi connectivity index (χ2v) is 6.79. The Kier molecular flexibility index (Phi) is 5.86. The molecule has 1 aromatic heterocycles. The van der Waals surface area contributed by atoms with Gasteiger partial charge in [-0.15, -0.1) is 0 Å². The maximum atomic E-state index is 12.0. The van der Waals surface area contributed by atoms with Crippen LogP contribution in [0.3, 0.4) is 0 Å². The highest BCUT2D eigenvalue weighted by atomic mass is 32.1. The molecule has 0 saturated carbocycles. The molecule has 0 spiro atoms. The molecular weight excluding hydrogens is 338 g/mol. The topological polar surface area (TPSA) is 64.5 Å². The lowest BCUT2D eigenvalue weighted by Crippen LogP contribution is -2.39. The minimum Gasteiger partial charge on any atom is -0.497 e. The highest BCUT2D eigenvalue weighted by Gasteiger charge is 2.28. The van der Waals surface area contributed by atoms with E-state index in [2.05, 4.69) is 14.3 Å². The minimum absolute atomic E-state index is 0.0700. The number of hydrogen-bond donors (Lipinski definition) is 0. The van der Waals surface area contributed by atoms with Gasteiger partial charge in [0.15, 0.2) is 0 Å². The average Bonchev–Trinajstić information content (AvgIpc) is 3.11. The largest absolute Gasteiger partial charge is 0.497 e. The molecule has 0 N–H and O–H groups in total. The summed E-state index contributed by atoms with van der Waals surface area (Å²) in [5, 5.41) is 0.881. The van der Waals surface area contributed by atoms with E-state index < -0.39 is 0 Å². The molecule has 0 unspecified atom stereocenters. The van der Waals surface area contributed by atoms with Gasteiger partial charge in [0.2, 0.25) is 5.13 Å². The van der Waals surface area contributed by atoms with E-state index in [1.165, 1.54) is 11.5 Å². The zero-order valence-electron chi connectivity index (χ0n) is 14.6. The Labute approximate surface area is 152 Å². The second-order valence-electron chi connectivity index (χ2n) is 6.06. The molecule has 2 aromatic rings. The number of carbonyl (C=O) groups excluding carboxylic acids is 1. The zero-order chi connectivity index (χ0) is 17.6. The molecule has 0 amide bonds. The Morgan fingerprint density at radius 1 is 1.44 bits per heavy atom. The van der Waals surface area contributed by atoms with Crippen molar-refractivity contribution >= 4 is 22.6 Å². The SMILES string of the molecule is CCOC(=O)[C@H]1CCCN(c2nc(Cc3cccc(OC)c3)ns2)C1. The van der Waals surface area contributed by atoms with Crippen LogP contribution in [0, 0.1) is 5.92 Å². The molecule has 0 bridgehead atoms. The lowest BCUT2D eigenvalue weighted by Gasteiger charge is -2.30. The fourth-order valence-corrected chi connectivity index (χ4v) is 3.73. The van der Waals surface area contributed by atoms with Crippen molar-refractivity contribution in [1.29, 1.82) is 0 Å². The molecule has 6 nitrogen and oxygen atoms in total. The van der Waals surface area contributed by atoms with Crippen LogP contribution < -0.4 is 9.64 Å². The smallest absolute Gasteiger partial charge is 0.310 e. The van der Waals surface area contributed by atoms with E-state index in [1.54, 1.807) is 7.11 Å². The summed E-state index contributed by atoms with van der Waals surface area (Å²) >= 11 is 1.39. The fourth-order valence-electron chi connectivity index (χ4n) is 3.01. The Bertz CT molecular complexity index is 719. The maximum absolute atomic E-state index is 12.0. The summed E-state index contributed by atoms with van der Waals surface area (Å²) in [4.78, 5) is 18.8. The van der Waals surface area contributed by atoms with Crippen molar-refractivity contribution in [3.8, 4) is 5.75 Å². The van der Waals surface area contributed by atoms with Gasteiger partial charge in [0, 0.05) is 31.0 Å². The Morgan fingerprint density at radius 3 is 3.12 bits per heavy atom. The number of rotatable bonds is 6. The molecule has 25 heavy (non-hydrogen) atoms. The van der Waals surface area contributed by atoms with Gasteiger partial charge in [-0.25, -0.2) is 4.98 Å². The molecular formula is C18H23N3O3S. The maximum Gasteiger partial charge on any atom is 0.310 e. The predicted octanol–water partition coefficient (Wildman–Crippen LogP) is 2.92. The van der Waals surface area contributed by atoms with E-state index in [4.69, 9.17) is 9.47 Å². The van der Waals surface area contributed by atoms with Crippen LogP contribution >= 0.6 is 11.5 Å². The first-order chi connectivity index (χ1) is 12.2. The van der Waals surface area contributed by atoms with Gasteiger partial charge in [-0.05, 0) is 37.5 Å². The van der Waals surface area contributed by atoms with Gasteiger partial charge in [-0.3, -0.25) is 4.79 Å². The Hall–Kier alpha value is -2.15. The van der Waals surface area contributed by atoms with Crippen LogP contribution in [0.2, 0.25) is 0 Å². The molecule has 7 heteroatoms. The molecule has 1 saturated heterocycles. The number of benzene rings is 1. The van der Waals surface area contributed by atoms with Crippen LogP contribution in [0.5, 0.6) is 5.75 Å². The molecule has 1 aromatic carbocycles. The lowest BCUT2D eigenvalue weighted by atomic mass is 9.99. The van der Waals surface area contributed by atoms with Gasteiger partial charge in [0.25, 0.3) is 0 Å². The van der Waals surface area contributed by atoms with Gasteiger partial charge in [-0.1, -0.05) is 12.1 Å². The standard InChI is InChI=1S/C18H23N3O3S/c1-3-24-17(22)14-7-5-9-21(12-14)18-19-16(20-25-18)11-13-6-4-8-15(10-13)23-2/h4,6,8,10,14H,3,5,7,9,11-12H2,1-2H3/t14-/m0/s1. The van der Waals surface area contributed by atoms with E-state index in [0.29, 0.717) is 19.6 Å². The average molecular weight is 361 g/mol. The van der Waals surface area contributed by atoms with Crippen LogP contribution in [-0.2, 0) is 16.0 Å². The first-order valence-corrected chi connectivity index (χ1v) is 9.34. The fraction of sp³-hybridized carbons (Fsp3) is 0.500. The van der Waals surface area contributed by atoms with Crippen LogP contribution in [0.15, 0.2) is 24.3 Å². The summed E-state index contributed by atoms with van der Waals surface area (Å²) in [7, 11) is 1.66. The molecule has 1 fully saturated rings. The van der Waals surface area contributed by atoms with E-state index in [1.807, 2.05) is 31.2 Å². The molecule has 134 valence electrons. The number of piperidine rings is 1. The summed E-state index contributed by atoms with van der Waals surface area (Å²) in [6.45, 7) is 3.84. The van der Waals surface area contributed by atoms with Crippen molar-refractivity contribution in [2.24, 2.45) is 5.92 Å². The quantitative estimate of drug-likeness (QED) is 0.737. The van der Waals surface area contributed by atoms with Gasteiger partial charge in [-0.2, -0.15) is 4.37 Å². The molecule has 2 heterocycles. The number of hydrogen-bond acceptors (Lipinski definition) is 7. The molecule has 1 aliphatic rings. The number of carbonyl (C=O) groups is 1. The van der Waals surface area contributed by atoms with E-state index >= 15 is 0 Å². The van der Waals surface area contributed by atoms with Crippen molar-refractivity contribution in [1.82, 2.24) is 9.36 Å². The van der Waals surface area contributed by atoms with Gasteiger partial charge < -0.3 is 14.4 Å². The predicted molar refractivity (Wildman–Crippen MR) is 97.3 cm³/mol. The number of ether oxygens (including phenoxy) is 2. The highest BCUT2D eigenvalue weighted by Crippen LogP contribution is 2.26. The van der Waals surface area contributed by atoms with Crippen molar-refractivity contribution in [3.63, 3.8) is 0 Å². The monoisotopic (exact) mass is 361 g/mol. The number of esters is 1. The van der Waals surface area contributed by atoms with Gasteiger partial charge >= 0.3 is 5.97 Å². The molecule has 0 aliphatic carbocycles. The highest BCUT2D eigenvalue weighted by molar-refractivity contribution is 7.09. The zero-order valence-corrected chi connectivity index (χ0v) is 15.4. The third-order valence-corrected chi connectivity index (χ3v) is 5.08. The number of nitrogens with zero attached hydrogens (tertiary/aromatic N) is 3. The molecule has 3 rings (SSSR count). The third-order valence-electron chi connectivity index (χ3n) is 4.27. The van der Waals surface area contributed by atoms with Crippen molar-refractivity contribution < 1.29 is 14.3 Å². The minimum atomic E-state index is -0.103. The number of anilines is 1. The van der Waals surface area contributed by atoms with Crippen LogP contribution in [0.1, 0.15) is 31.2 Å². The second kappa shape index (κ2) is 8.29. The van der Waals surface area contributed by atoms with E-state index in [9.17, 15) is 4.79 Å². The van der Waals surface area contributed by atoms with Crippen LogP contribution in [-0.4, -0.2) is 42.1 Å². The molecule has 0 radical (unpaired) electrons. The first-order valence-electron chi connectivity index (χ1n) is 8.56.